The average Bonchev–Trinajstić information content (AvgIpc) is 3.31. The minimum absolute atomic E-state index is 0.00895. The Bertz CT molecular complexity index is 918. The lowest BCUT2D eigenvalue weighted by Crippen LogP contribution is -2.39. The van der Waals surface area contributed by atoms with Gasteiger partial charge in [-0.15, -0.1) is 0 Å². The first-order valence-corrected chi connectivity index (χ1v) is 8.50. The molecule has 7 nitrogen and oxygen atoms in total. The molecule has 8 heteroatoms. The largest absolute Gasteiger partial charge is 0.357 e. The van der Waals surface area contributed by atoms with Crippen LogP contribution in [0.2, 0.25) is 0 Å². The maximum atomic E-state index is 13.0. The van der Waals surface area contributed by atoms with Gasteiger partial charge in [0.15, 0.2) is 5.82 Å². The summed E-state index contributed by atoms with van der Waals surface area (Å²) >= 11 is 0. The van der Waals surface area contributed by atoms with Gasteiger partial charge >= 0.3 is 0 Å². The number of likely N-dealkylation sites (tertiary alicyclic amines) is 1. The van der Waals surface area contributed by atoms with E-state index in [1.165, 1.54) is 18.3 Å². The van der Waals surface area contributed by atoms with Crippen LogP contribution in [0.1, 0.15) is 40.5 Å². The molecule has 4 heterocycles. The molecule has 1 atom stereocenters. The number of nitrogens with one attached hydrogen (secondary N) is 1. The van der Waals surface area contributed by atoms with Crippen molar-refractivity contribution in [1.29, 1.82) is 0 Å². The minimum Gasteiger partial charge on any atom is -0.357 e. The summed E-state index contributed by atoms with van der Waals surface area (Å²) in [6, 6.07) is 4.59. The monoisotopic (exact) mass is 355 g/mol. The maximum Gasteiger partial charge on any atom is 0.274 e. The number of rotatable bonds is 3. The van der Waals surface area contributed by atoms with Gasteiger partial charge < -0.3 is 14.4 Å². The highest BCUT2D eigenvalue weighted by molar-refractivity contribution is 5.94. The number of aromatic nitrogens is 4. The third-order valence-corrected chi connectivity index (χ3v) is 4.55. The molecule has 1 fully saturated rings. The quantitative estimate of drug-likeness (QED) is 0.730. The van der Waals surface area contributed by atoms with Crippen molar-refractivity contribution in [3.63, 3.8) is 0 Å². The predicted octanol–water partition coefficient (Wildman–Crippen LogP) is 2.93. The summed E-state index contributed by atoms with van der Waals surface area (Å²) in [5, 5.41) is 4.10. The Morgan fingerprint density at radius 2 is 2.31 bits per heavy atom. The summed E-state index contributed by atoms with van der Waals surface area (Å²) in [6.07, 6.45) is 4.86. The van der Waals surface area contributed by atoms with Crippen molar-refractivity contribution in [2.24, 2.45) is 0 Å². The molecule has 1 saturated heterocycles. The number of hydrogen-bond donors (Lipinski definition) is 1. The normalized spacial score (nSPS) is 17.5. The van der Waals surface area contributed by atoms with Crippen LogP contribution in [-0.4, -0.2) is 44.0 Å². The molecule has 134 valence electrons. The number of aromatic amines is 1. The molecule has 0 aromatic carbocycles. The summed E-state index contributed by atoms with van der Waals surface area (Å²) in [5.74, 6) is 0.291. The van der Waals surface area contributed by atoms with Crippen molar-refractivity contribution in [2.45, 2.75) is 25.7 Å². The van der Waals surface area contributed by atoms with Crippen molar-refractivity contribution in [1.82, 2.24) is 25.0 Å². The van der Waals surface area contributed by atoms with Gasteiger partial charge in [-0.1, -0.05) is 5.16 Å². The van der Waals surface area contributed by atoms with Gasteiger partial charge in [0, 0.05) is 31.4 Å². The predicted molar refractivity (Wildman–Crippen MR) is 90.9 cm³/mol. The van der Waals surface area contributed by atoms with E-state index in [0.717, 1.165) is 24.1 Å². The fourth-order valence-corrected chi connectivity index (χ4v) is 3.19. The van der Waals surface area contributed by atoms with Crippen molar-refractivity contribution in [3.05, 3.63) is 53.5 Å². The second-order valence-electron chi connectivity index (χ2n) is 6.51. The van der Waals surface area contributed by atoms with Gasteiger partial charge in [0.2, 0.25) is 5.95 Å². The molecule has 0 bridgehead atoms. The molecule has 1 unspecified atom stereocenters. The Kier molecular flexibility index (Phi) is 4.24. The molecule has 0 radical (unpaired) electrons. The zero-order valence-electron chi connectivity index (χ0n) is 14.3. The van der Waals surface area contributed by atoms with Crippen LogP contribution in [0.5, 0.6) is 0 Å². The number of aryl methyl sites for hydroxylation is 1. The van der Waals surface area contributed by atoms with Crippen LogP contribution < -0.4 is 0 Å². The molecule has 1 aliphatic rings. The van der Waals surface area contributed by atoms with E-state index in [4.69, 9.17) is 4.52 Å². The van der Waals surface area contributed by atoms with E-state index in [1.54, 1.807) is 4.90 Å². The SMILES string of the molecule is Cc1c[nH]c(-c2nc(C3CCCN(C(=O)c4ccc(F)nc4)C3)no2)c1. The number of carbonyl (C=O) groups is 1. The van der Waals surface area contributed by atoms with E-state index in [9.17, 15) is 9.18 Å². The van der Waals surface area contributed by atoms with Crippen molar-refractivity contribution in [3.8, 4) is 11.6 Å². The highest BCUT2D eigenvalue weighted by atomic mass is 19.1. The number of piperidine rings is 1. The van der Waals surface area contributed by atoms with Crippen LogP contribution in [0.4, 0.5) is 4.39 Å². The lowest BCUT2D eigenvalue weighted by Gasteiger charge is -2.31. The van der Waals surface area contributed by atoms with Gasteiger partial charge in [0.05, 0.1) is 5.56 Å². The number of halogens is 1. The second kappa shape index (κ2) is 6.70. The molecular weight excluding hydrogens is 337 g/mol. The van der Waals surface area contributed by atoms with Crippen LogP contribution in [0.25, 0.3) is 11.6 Å². The van der Waals surface area contributed by atoms with Gasteiger partial charge in [0.1, 0.15) is 5.69 Å². The molecule has 3 aromatic rings. The first-order valence-electron chi connectivity index (χ1n) is 8.50. The molecule has 1 N–H and O–H groups in total. The van der Waals surface area contributed by atoms with Gasteiger partial charge in [0.25, 0.3) is 11.8 Å². The molecule has 1 amide bonds. The van der Waals surface area contributed by atoms with Crippen LogP contribution in [0.3, 0.4) is 0 Å². The molecule has 4 rings (SSSR count). The van der Waals surface area contributed by atoms with Crippen LogP contribution in [-0.2, 0) is 0 Å². The van der Waals surface area contributed by atoms with Crippen molar-refractivity contribution >= 4 is 5.91 Å². The first-order chi connectivity index (χ1) is 12.6. The van der Waals surface area contributed by atoms with E-state index in [2.05, 4.69) is 20.1 Å². The molecule has 1 aliphatic heterocycles. The Balaban J connectivity index is 1.49. The highest BCUT2D eigenvalue weighted by Gasteiger charge is 2.29. The lowest BCUT2D eigenvalue weighted by atomic mass is 9.97. The lowest BCUT2D eigenvalue weighted by molar-refractivity contribution is 0.0703. The van der Waals surface area contributed by atoms with Gasteiger partial charge in [-0.3, -0.25) is 4.79 Å². The first kappa shape index (κ1) is 16.4. The second-order valence-corrected chi connectivity index (χ2v) is 6.51. The fourth-order valence-electron chi connectivity index (χ4n) is 3.19. The number of hydrogen-bond acceptors (Lipinski definition) is 5. The molecule has 0 saturated carbocycles. The zero-order valence-corrected chi connectivity index (χ0v) is 14.3. The summed E-state index contributed by atoms with van der Waals surface area (Å²) in [7, 11) is 0. The number of amides is 1. The third kappa shape index (κ3) is 3.22. The maximum absolute atomic E-state index is 13.0. The highest BCUT2D eigenvalue weighted by Crippen LogP contribution is 2.27. The van der Waals surface area contributed by atoms with E-state index < -0.39 is 5.95 Å². The van der Waals surface area contributed by atoms with E-state index in [1.807, 2.05) is 19.2 Å². The Morgan fingerprint density at radius 3 is 3.04 bits per heavy atom. The van der Waals surface area contributed by atoms with Crippen molar-refractivity contribution in [2.75, 3.05) is 13.1 Å². The molecule has 0 aliphatic carbocycles. The van der Waals surface area contributed by atoms with E-state index >= 15 is 0 Å². The Hall–Kier alpha value is -3.03. The number of nitrogens with zero attached hydrogens (tertiary/aromatic N) is 4. The van der Waals surface area contributed by atoms with Crippen LogP contribution in [0.15, 0.2) is 35.1 Å². The van der Waals surface area contributed by atoms with Gasteiger partial charge in [-0.2, -0.15) is 9.37 Å². The van der Waals surface area contributed by atoms with E-state index in [-0.39, 0.29) is 11.8 Å². The Morgan fingerprint density at radius 1 is 1.42 bits per heavy atom. The minimum atomic E-state index is -0.600. The van der Waals surface area contributed by atoms with Gasteiger partial charge in [-0.05, 0) is 43.5 Å². The zero-order chi connectivity index (χ0) is 18.1. The standard InChI is InChI=1S/C18H18FN5O2/c1-11-7-14(20-8-11)17-22-16(23-26-17)13-3-2-6-24(10-13)18(25)12-4-5-15(19)21-9-12/h4-5,7-9,13,20H,2-3,6,10H2,1H3. The smallest absolute Gasteiger partial charge is 0.274 e. The number of H-pyrrole nitrogens is 1. The molecular formula is C18H18FN5O2. The Labute approximate surface area is 149 Å². The summed E-state index contributed by atoms with van der Waals surface area (Å²) in [6.45, 7) is 3.12. The molecule has 26 heavy (non-hydrogen) atoms. The summed E-state index contributed by atoms with van der Waals surface area (Å²) in [4.78, 5) is 25.5. The van der Waals surface area contributed by atoms with Gasteiger partial charge in [-0.25, -0.2) is 4.98 Å². The van der Waals surface area contributed by atoms with Crippen LogP contribution >= 0.6 is 0 Å². The average molecular weight is 355 g/mol. The topological polar surface area (TPSA) is 87.9 Å². The van der Waals surface area contributed by atoms with Crippen LogP contribution in [0, 0.1) is 12.9 Å². The molecule has 0 spiro atoms. The van der Waals surface area contributed by atoms with Crippen molar-refractivity contribution < 1.29 is 13.7 Å². The number of pyridine rings is 1. The number of carbonyl (C=O) groups excluding carboxylic acids is 1. The molecule has 3 aromatic heterocycles. The van der Waals surface area contributed by atoms with E-state index in [0.29, 0.717) is 30.4 Å². The summed E-state index contributed by atoms with van der Waals surface area (Å²) in [5.41, 5.74) is 2.24. The third-order valence-electron chi connectivity index (χ3n) is 4.55. The summed E-state index contributed by atoms with van der Waals surface area (Å²) < 4.78 is 18.3. The fraction of sp³-hybridized carbons (Fsp3) is 0.333.